The fourth-order valence-electron chi connectivity index (χ4n) is 2.17. The summed E-state index contributed by atoms with van der Waals surface area (Å²) in [6, 6.07) is 21.1. The highest BCUT2D eigenvalue weighted by molar-refractivity contribution is 6.31. The summed E-state index contributed by atoms with van der Waals surface area (Å²) < 4.78 is 18.6. The SMILES string of the molecule is Fc1ccc(NN=Cc2cccc(OCc3ccccc3Cl)c2)cc1. The highest BCUT2D eigenvalue weighted by atomic mass is 35.5. The zero-order chi connectivity index (χ0) is 17.5. The largest absolute Gasteiger partial charge is 0.489 e. The molecule has 0 aliphatic rings. The second-order valence-corrected chi connectivity index (χ2v) is 5.74. The lowest BCUT2D eigenvalue weighted by Gasteiger charge is -2.08. The van der Waals surface area contributed by atoms with Gasteiger partial charge in [-0.15, -0.1) is 0 Å². The van der Waals surface area contributed by atoms with Gasteiger partial charge in [0.05, 0.1) is 11.9 Å². The predicted molar refractivity (Wildman–Crippen MR) is 99.8 cm³/mol. The predicted octanol–water partition coefficient (Wildman–Crippen LogP) is 5.50. The van der Waals surface area contributed by atoms with Crippen LogP contribution < -0.4 is 10.2 Å². The Kier molecular flexibility index (Phi) is 5.65. The molecule has 0 aliphatic heterocycles. The normalized spacial score (nSPS) is 10.8. The van der Waals surface area contributed by atoms with Crippen LogP contribution in [0.4, 0.5) is 10.1 Å². The van der Waals surface area contributed by atoms with E-state index < -0.39 is 0 Å². The molecular formula is C20H16ClFN2O. The lowest BCUT2D eigenvalue weighted by atomic mass is 10.2. The van der Waals surface area contributed by atoms with E-state index in [0.717, 1.165) is 16.9 Å². The van der Waals surface area contributed by atoms with Gasteiger partial charge < -0.3 is 4.74 Å². The van der Waals surface area contributed by atoms with Crippen molar-refractivity contribution >= 4 is 23.5 Å². The van der Waals surface area contributed by atoms with E-state index in [1.807, 2.05) is 48.5 Å². The van der Waals surface area contributed by atoms with Crippen molar-refractivity contribution in [1.82, 2.24) is 0 Å². The maximum absolute atomic E-state index is 12.9. The molecule has 3 aromatic carbocycles. The summed E-state index contributed by atoms with van der Waals surface area (Å²) in [6.07, 6.45) is 1.67. The Hall–Kier alpha value is -2.85. The molecule has 0 amide bonds. The van der Waals surface area contributed by atoms with Crippen LogP contribution in [-0.2, 0) is 6.61 Å². The molecule has 0 heterocycles. The molecule has 3 rings (SSSR count). The minimum absolute atomic E-state index is 0.280. The summed E-state index contributed by atoms with van der Waals surface area (Å²) in [6.45, 7) is 0.397. The monoisotopic (exact) mass is 354 g/mol. The van der Waals surface area contributed by atoms with Crippen LogP contribution in [0.2, 0.25) is 5.02 Å². The second kappa shape index (κ2) is 8.31. The number of benzene rings is 3. The number of hydrogen-bond donors (Lipinski definition) is 1. The summed E-state index contributed by atoms with van der Waals surface area (Å²) in [5.74, 6) is 0.448. The van der Waals surface area contributed by atoms with Gasteiger partial charge in [0.25, 0.3) is 0 Å². The minimum Gasteiger partial charge on any atom is -0.489 e. The quantitative estimate of drug-likeness (QED) is 0.468. The van der Waals surface area contributed by atoms with Crippen LogP contribution in [0.3, 0.4) is 0 Å². The first-order valence-corrected chi connectivity index (χ1v) is 8.09. The third-order valence-electron chi connectivity index (χ3n) is 3.46. The average Bonchev–Trinajstić information content (AvgIpc) is 2.63. The number of hydrogen-bond acceptors (Lipinski definition) is 3. The van der Waals surface area contributed by atoms with Gasteiger partial charge in [0.1, 0.15) is 18.2 Å². The first kappa shape index (κ1) is 17.0. The molecule has 0 fully saturated rings. The summed E-state index contributed by atoms with van der Waals surface area (Å²) in [4.78, 5) is 0. The molecule has 0 aliphatic carbocycles. The van der Waals surface area contributed by atoms with Crippen LogP contribution in [0.25, 0.3) is 0 Å². The highest BCUT2D eigenvalue weighted by Crippen LogP contribution is 2.19. The molecule has 3 aromatic rings. The number of nitrogens with one attached hydrogen (secondary N) is 1. The van der Waals surface area contributed by atoms with Gasteiger partial charge >= 0.3 is 0 Å². The van der Waals surface area contributed by atoms with Crippen molar-refractivity contribution in [1.29, 1.82) is 0 Å². The Balaban J connectivity index is 1.60. The van der Waals surface area contributed by atoms with Gasteiger partial charge in [0, 0.05) is 10.6 Å². The van der Waals surface area contributed by atoms with Gasteiger partial charge in [-0.05, 0) is 48.0 Å². The van der Waals surface area contributed by atoms with Crippen LogP contribution in [0.5, 0.6) is 5.75 Å². The van der Waals surface area contributed by atoms with Gasteiger partial charge in [-0.1, -0.05) is 41.9 Å². The van der Waals surface area contributed by atoms with E-state index in [2.05, 4.69) is 10.5 Å². The third kappa shape index (κ3) is 5.06. The smallest absolute Gasteiger partial charge is 0.123 e. The zero-order valence-corrected chi connectivity index (χ0v) is 14.1. The number of halogens is 2. The van der Waals surface area contributed by atoms with E-state index in [1.165, 1.54) is 12.1 Å². The molecule has 3 nitrogen and oxygen atoms in total. The van der Waals surface area contributed by atoms with Crippen LogP contribution in [0.1, 0.15) is 11.1 Å². The standard InChI is InChI=1S/C20H16ClFN2O/c21-20-7-2-1-5-16(20)14-25-19-6-3-4-15(12-19)13-23-24-18-10-8-17(22)9-11-18/h1-13,24H,14H2. The third-order valence-corrected chi connectivity index (χ3v) is 3.83. The van der Waals surface area contributed by atoms with E-state index in [0.29, 0.717) is 17.3 Å². The number of rotatable bonds is 6. The van der Waals surface area contributed by atoms with Crippen molar-refractivity contribution < 1.29 is 9.13 Å². The van der Waals surface area contributed by atoms with Crippen molar-refractivity contribution in [2.45, 2.75) is 6.61 Å². The van der Waals surface area contributed by atoms with Crippen molar-refractivity contribution in [2.75, 3.05) is 5.43 Å². The van der Waals surface area contributed by atoms with Crippen LogP contribution in [0.15, 0.2) is 77.9 Å². The molecule has 126 valence electrons. The van der Waals surface area contributed by atoms with Gasteiger partial charge in [-0.3, -0.25) is 5.43 Å². The molecule has 25 heavy (non-hydrogen) atoms. The van der Waals surface area contributed by atoms with Crippen molar-refractivity contribution in [3.63, 3.8) is 0 Å². The molecule has 0 spiro atoms. The number of nitrogens with zero attached hydrogens (tertiary/aromatic N) is 1. The number of anilines is 1. The maximum Gasteiger partial charge on any atom is 0.123 e. The molecule has 0 saturated carbocycles. The molecule has 0 saturated heterocycles. The van der Waals surface area contributed by atoms with E-state index in [9.17, 15) is 4.39 Å². The van der Waals surface area contributed by atoms with E-state index >= 15 is 0 Å². The number of hydrazone groups is 1. The maximum atomic E-state index is 12.9. The summed E-state index contributed by atoms with van der Waals surface area (Å²) in [7, 11) is 0. The molecular weight excluding hydrogens is 339 g/mol. The minimum atomic E-state index is -0.280. The van der Waals surface area contributed by atoms with Crippen LogP contribution >= 0.6 is 11.6 Å². The lowest BCUT2D eigenvalue weighted by molar-refractivity contribution is 0.306. The fraction of sp³-hybridized carbons (Fsp3) is 0.0500. The molecule has 0 atom stereocenters. The Labute approximate surface area is 150 Å². The van der Waals surface area contributed by atoms with Crippen molar-refractivity contribution in [3.8, 4) is 5.75 Å². The molecule has 1 N–H and O–H groups in total. The molecule has 5 heteroatoms. The van der Waals surface area contributed by atoms with Gasteiger partial charge in [-0.25, -0.2) is 4.39 Å². The first-order valence-electron chi connectivity index (χ1n) is 7.71. The molecule has 0 aromatic heterocycles. The first-order chi connectivity index (χ1) is 12.2. The van der Waals surface area contributed by atoms with E-state index in [1.54, 1.807) is 18.3 Å². The second-order valence-electron chi connectivity index (χ2n) is 5.33. The van der Waals surface area contributed by atoms with Crippen molar-refractivity contribution in [2.24, 2.45) is 5.10 Å². The van der Waals surface area contributed by atoms with Gasteiger partial charge in [0.2, 0.25) is 0 Å². The van der Waals surface area contributed by atoms with Gasteiger partial charge in [-0.2, -0.15) is 5.10 Å². The topological polar surface area (TPSA) is 33.6 Å². The molecule has 0 bridgehead atoms. The fourth-order valence-corrected chi connectivity index (χ4v) is 2.36. The Bertz CT molecular complexity index is 866. The zero-order valence-electron chi connectivity index (χ0n) is 13.3. The van der Waals surface area contributed by atoms with Crippen LogP contribution in [0, 0.1) is 5.82 Å². The highest BCUT2D eigenvalue weighted by Gasteiger charge is 2.01. The Morgan fingerprint density at radius 3 is 2.60 bits per heavy atom. The van der Waals surface area contributed by atoms with E-state index in [-0.39, 0.29) is 5.82 Å². The van der Waals surface area contributed by atoms with Crippen molar-refractivity contribution in [3.05, 3.63) is 94.8 Å². The average molecular weight is 355 g/mol. The Morgan fingerprint density at radius 2 is 1.80 bits per heavy atom. The lowest BCUT2D eigenvalue weighted by Crippen LogP contribution is -1.97. The van der Waals surface area contributed by atoms with Crippen LogP contribution in [-0.4, -0.2) is 6.21 Å². The van der Waals surface area contributed by atoms with Gasteiger partial charge in [0.15, 0.2) is 0 Å². The summed E-state index contributed by atoms with van der Waals surface area (Å²) in [5, 5.41) is 4.82. The molecule has 0 radical (unpaired) electrons. The number of ether oxygens (including phenoxy) is 1. The van der Waals surface area contributed by atoms with E-state index in [4.69, 9.17) is 16.3 Å². The Morgan fingerprint density at radius 1 is 1.00 bits per heavy atom. The summed E-state index contributed by atoms with van der Waals surface area (Å²) >= 11 is 6.13. The molecule has 0 unspecified atom stereocenters. The summed E-state index contributed by atoms with van der Waals surface area (Å²) in [5.41, 5.74) is 5.37.